The molecule has 6 heteroatoms. The van der Waals surface area contributed by atoms with E-state index in [1.54, 1.807) is 12.4 Å². The van der Waals surface area contributed by atoms with Crippen molar-refractivity contribution in [3.8, 4) is 0 Å². The lowest BCUT2D eigenvalue weighted by Crippen LogP contribution is -2.07. The van der Waals surface area contributed by atoms with Crippen molar-refractivity contribution in [1.82, 2.24) is 14.5 Å². The summed E-state index contributed by atoms with van der Waals surface area (Å²) in [5.74, 6) is 0.638. The van der Waals surface area contributed by atoms with E-state index in [0.717, 1.165) is 10.2 Å². The van der Waals surface area contributed by atoms with Crippen LogP contribution in [0.3, 0.4) is 0 Å². The summed E-state index contributed by atoms with van der Waals surface area (Å²) in [6.45, 7) is 0.494. The number of thiophene rings is 1. The zero-order valence-corrected chi connectivity index (χ0v) is 10.8. The van der Waals surface area contributed by atoms with Gasteiger partial charge in [-0.3, -0.25) is 4.79 Å². The quantitative estimate of drug-likeness (QED) is 0.677. The van der Waals surface area contributed by atoms with Gasteiger partial charge in [0, 0.05) is 29.9 Å². The fraction of sp³-hybridized carbons (Fsp3) is 0.0833. The third kappa shape index (κ3) is 2.14. The first-order valence-electron chi connectivity index (χ1n) is 5.28. The zero-order chi connectivity index (χ0) is 12.5. The number of pyridine rings is 1. The molecule has 0 fully saturated rings. The molecule has 18 heavy (non-hydrogen) atoms. The van der Waals surface area contributed by atoms with Gasteiger partial charge in [0.05, 0.1) is 6.54 Å². The third-order valence-electron chi connectivity index (χ3n) is 2.51. The number of hydrogen-bond donors (Lipinski definition) is 0. The topological polar surface area (TPSA) is 47.8 Å². The van der Waals surface area contributed by atoms with E-state index in [0.29, 0.717) is 17.5 Å². The highest BCUT2D eigenvalue weighted by atomic mass is 35.5. The largest absolute Gasteiger partial charge is 0.346 e. The van der Waals surface area contributed by atoms with Crippen molar-refractivity contribution in [2.24, 2.45) is 0 Å². The summed E-state index contributed by atoms with van der Waals surface area (Å²) < 4.78 is 1.84. The lowest BCUT2D eigenvalue weighted by atomic mass is 10.4. The number of halogens is 1. The second kappa shape index (κ2) is 4.51. The Hall–Kier alpha value is -1.72. The van der Waals surface area contributed by atoms with Gasteiger partial charge in [-0.2, -0.15) is 0 Å². The van der Waals surface area contributed by atoms with Crippen LogP contribution in [0.5, 0.6) is 0 Å². The first-order chi connectivity index (χ1) is 8.72. The smallest absolute Gasteiger partial charge is 0.181 e. The van der Waals surface area contributed by atoms with Crippen LogP contribution in [0, 0.1) is 0 Å². The standard InChI is InChI=1S/C12H8ClN3OS/c13-11-9-3-6-18-12(9)15-10(14-11)7-16-4-1-8(17)2-5-16/h1-6H,7H2. The van der Waals surface area contributed by atoms with Crippen molar-refractivity contribution >= 4 is 33.2 Å². The van der Waals surface area contributed by atoms with Crippen molar-refractivity contribution < 1.29 is 0 Å². The highest BCUT2D eigenvalue weighted by Gasteiger charge is 2.06. The Labute approximate surface area is 112 Å². The number of hydrogen-bond acceptors (Lipinski definition) is 4. The summed E-state index contributed by atoms with van der Waals surface area (Å²) in [6.07, 6.45) is 3.41. The molecule has 0 aliphatic carbocycles. The average Bonchev–Trinajstić information content (AvgIpc) is 2.81. The highest BCUT2D eigenvalue weighted by molar-refractivity contribution is 7.16. The predicted molar refractivity (Wildman–Crippen MR) is 72.2 cm³/mol. The normalized spacial score (nSPS) is 10.9. The minimum Gasteiger partial charge on any atom is -0.346 e. The first kappa shape index (κ1) is 11.4. The van der Waals surface area contributed by atoms with E-state index in [4.69, 9.17) is 11.6 Å². The van der Waals surface area contributed by atoms with Gasteiger partial charge >= 0.3 is 0 Å². The molecule has 0 N–H and O–H groups in total. The number of nitrogens with zero attached hydrogens (tertiary/aromatic N) is 3. The van der Waals surface area contributed by atoms with Crippen LogP contribution in [0.25, 0.3) is 10.2 Å². The van der Waals surface area contributed by atoms with Crippen LogP contribution >= 0.6 is 22.9 Å². The molecule has 0 saturated carbocycles. The van der Waals surface area contributed by atoms with Crippen LogP contribution in [-0.4, -0.2) is 14.5 Å². The second-order valence-electron chi connectivity index (χ2n) is 3.78. The summed E-state index contributed by atoms with van der Waals surface area (Å²) in [4.78, 5) is 20.6. The molecule has 90 valence electrons. The molecule has 0 bridgehead atoms. The highest BCUT2D eigenvalue weighted by Crippen LogP contribution is 2.24. The molecular formula is C12H8ClN3OS. The zero-order valence-electron chi connectivity index (χ0n) is 9.21. The summed E-state index contributed by atoms with van der Waals surface area (Å²) in [6, 6.07) is 4.92. The van der Waals surface area contributed by atoms with Gasteiger partial charge in [-0.15, -0.1) is 11.3 Å². The summed E-state index contributed by atoms with van der Waals surface area (Å²) in [5.41, 5.74) is -0.0149. The number of aromatic nitrogens is 3. The van der Waals surface area contributed by atoms with Gasteiger partial charge in [0.2, 0.25) is 0 Å². The van der Waals surface area contributed by atoms with Crippen molar-refractivity contribution in [2.45, 2.75) is 6.54 Å². The van der Waals surface area contributed by atoms with Crippen molar-refractivity contribution in [3.05, 3.63) is 57.2 Å². The molecule has 0 radical (unpaired) electrons. The summed E-state index contributed by atoms with van der Waals surface area (Å²) in [5, 5.41) is 3.29. The van der Waals surface area contributed by atoms with E-state index in [-0.39, 0.29) is 5.43 Å². The molecule has 0 atom stereocenters. The number of rotatable bonds is 2. The second-order valence-corrected chi connectivity index (χ2v) is 5.03. The molecule has 3 rings (SSSR count). The van der Waals surface area contributed by atoms with Gasteiger partial charge in [0.1, 0.15) is 9.98 Å². The van der Waals surface area contributed by atoms with E-state index in [2.05, 4.69) is 9.97 Å². The van der Waals surface area contributed by atoms with E-state index in [9.17, 15) is 4.79 Å². The summed E-state index contributed by atoms with van der Waals surface area (Å²) in [7, 11) is 0. The van der Waals surface area contributed by atoms with Gasteiger partial charge < -0.3 is 4.57 Å². The lowest BCUT2D eigenvalue weighted by Gasteiger charge is -2.05. The van der Waals surface area contributed by atoms with Gasteiger partial charge in [-0.05, 0) is 11.4 Å². The van der Waals surface area contributed by atoms with Crippen molar-refractivity contribution in [2.75, 3.05) is 0 Å². The Balaban J connectivity index is 1.99. The Morgan fingerprint density at radius 3 is 2.78 bits per heavy atom. The molecule has 3 aromatic rings. The predicted octanol–water partition coefficient (Wildman–Crippen LogP) is 2.55. The molecule has 3 aromatic heterocycles. The minimum atomic E-state index is -0.0149. The van der Waals surface area contributed by atoms with Gasteiger partial charge in [0.25, 0.3) is 0 Å². The fourth-order valence-corrected chi connectivity index (χ4v) is 2.73. The number of fused-ring (bicyclic) bond motifs is 1. The third-order valence-corrected chi connectivity index (χ3v) is 3.60. The Morgan fingerprint density at radius 2 is 2.00 bits per heavy atom. The fourth-order valence-electron chi connectivity index (χ4n) is 1.64. The summed E-state index contributed by atoms with van der Waals surface area (Å²) >= 11 is 7.63. The van der Waals surface area contributed by atoms with E-state index in [1.807, 2.05) is 16.0 Å². The molecular weight excluding hydrogens is 270 g/mol. The van der Waals surface area contributed by atoms with Crippen LogP contribution in [0.1, 0.15) is 5.82 Å². The van der Waals surface area contributed by atoms with E-state index in [1.165, 1.54) is 23.5 Å². The maximum Gasteiger partial charge on any atom is 0.181 e. The van der Waals surface area contributed by atoms with Crippen molar-refractivity contribution in [3.63, 3.8) is 0 Å². The van der Waals surface area contributed by atoms with Gasteiger partial charge in [-0.25, -0.2) is 9.97 Å². The maximum atomic E-state index is 11.0. The molecule has 0 saturated heterocycles. The average molecular weight is 278 g/mol. The maximum absolute atomic E-state index is 11.0. The van der Waals surface area contributed by atoms with E-state index < -0.39 is 0 Å². The Kier molecular flexibility index (Phi) is 2.85. The van der Waals surface area contributed by atoms with Crippen molar-refractivity contribution in [1.29, 1.82) is 0 Å². The molecule has 3 heterocycles. The Morgan fingerprint density at radius 1 is 1.22 bits per heavy atom. The minimum absolute atomic E-state index is 0.0149. The van der Waals surface area contributed by atoms with Gasteiger partial charge in [0.15, 0.2) is 11.3 Å². The van der Waals surface area contributed by atoms with Crippen LogP contribution < -0.4 is 5.43 Å². The van der Waals surface area contributed by atoms with Crippen LogP contribution in [-0.2, 0) is 6.54 Å². The van der Waals surface area contributed by atoms with Gasteiger partial charge in [-0.1, -0.05) is 11.6 Å². The SMILES string of the molecule is O=c1ccn(Cc2nc(Cl)c3ccsc3n2)cc1. The molecule has 0 aliphatic rings. The molecule has 4 nitrogen and oxygen atoms in total. The van der Waals surface area contributed by atoms with Crippen LogP contribution in [0.15, 0.2) is 40.8 Å². The van der Waals surface area contributed by atoms with E-state index >= 15 is 0 Å². The molecule has 0 amide bonds. The van der Waals surface area contributed by atoms with Crippen LogP contribution in [0.4, 0.5) is 0 Å². The molecule has 0 aromatic carbocycles. The molecule has 0 unspecified atom stereocenters. The van der Waals surface area contributed by atoms with Crippen LogP contribution in [0.2, 0.25) is 5.15 Å². The Bertz CT molecular complexity index is 745. The monoisotopic (exact) mass is 277 g/mol. The lowest BCUT2D eigenvalue weighted by molar-refractivity contribution is 0.743. The first-order valence-corrected chi connectivity index (χ1v) is 6.54. The molecule has 0 aliphatic heterocycles. The molecule has 0 spiro atoms.